The van der Waals surface area contributed by atoms with Crippen molar-refractivity contribution in [3.05, 3.63) is 255 Å². The van der Waals surface area contributed by atoms with Crippen molar-refractivity contribution in [1.29, 1.82) is 0 Å². The molecule has 9 aromatic carbocycles. The highest BCUT2D eigenvalue weighted by Crippen LogP contribution is 2.49. The minimum Gasteiger partial charge on any atom is -0.293 e. The molecule has 4 aromatic heterocycles. The van der Waals surface area contributed by atoms with E-state index in [1.165, 1.54) is 32.7 Å². The van der Waals surface area contributed by atoms with Gasteiger partial charge in [-0.3, -0.25) is 9.13 Å². The summed E-state index contributed by atoms with van der Waals surface area (Å²) in [5, 5.41) is 6.97. The number of aromatic nitrogens is 4. The number of nitrogens with zero attached hydrogens (tertiary/aromatic N) is 4. The summed E-state index contributed by atoms with van der Waals surface area (Å²) in [5.74, 6) is 1.72. The average molecular weight is 867 g/mol. The van der Waals surface area contributed by atoms with E-state index in [0.29, 0.717) is 0 Å². The Labute approximate surface area is 394 Å². The molecule has 4 heteroatoms. The highest BCUT2D eigenvalue weighted by atomic mass is 15.1. The molecule has 0 saturated carbocycles. The third kappa shape index (κ3) is 6.45. The summed E-state index contributed by atoms with van der Waals surface area (Å²) >= 11 is 0. The van der Waals surface area contributed by atoms with Crippen LogP contribution >= 0.6 is 0 Å². The molecule has 0 fully saturated rings. The third-order valence-corrected chi connectivity index (χ3v) is 13.4. The molecular weight excluding hydrogens is 825 g/mol. The van der Waals surface area contributed by atoms with Crippen LogP contribution in [0.15, 0.2) is 255 Å². The molecule has 0 radical (unpaired) electrons. The lowest BCUT2D eigenvalue weighted by Gasteiger charge is -2.15. The van der Waals surface area contributed by atoms with E-state index in [0.717, 1.165) is 89.3 Å². The van der Waals surface area contributed by atoms with E-state index in [4.69, 9.17) is 9.97 Å². The van der Waals surface area contributed by atoms with Crippen molar-refractivity contribution in [2.24, 2.45) is 0 Å². The molecule has 0 bridgehead atoms. The topological polar surface area (TPSA) is 35.6 Å². The van der Waals surface area contributed by atoms with E-state index >= 15 is 0 Å². The van der Waals surface area contributed by atoms with Gasteiger partial charge in [0.2, 0.25) is 0 Å². The standard InChI is InChI=1S/C64H42N4/c1-7-19-43(20-8-1)49-31-39-57(65-41-49)67-61(47-27-15-5-16-28-47)59(45-23-11-3-12-24-45)55-37-33-51-52-34-38-56-60(46-25-13-4-14-26-46)62(48-29-17-6-18-30-48)68(64(56)54(52)36-35-53(51)63(55)67)58-40-32-50(42-66-58)44-21-9-2-10-22-44/h1-42H. The van der Waals surface area contributed by atoms with Gasteiger partial charge in [0.15, 0.2) is 0 Å². The minimum atomic E-state index is 0.859. The molecule has 0 unspecified atom stereocenters. The van der Waals surface area contributed by atoms with Gasteiger partial charge in [0.1, 0.15) is 11.6 Å². The van der Waals surface area contributed by atoms with Crippen LogP contribution in [0, 0.1) is 0 Å². The van der Waals surface area contributed by atoms with Crippen molar-refractivity contribution in [2.75, 3.05) is 0 Å². The molecule has 4 heterocycles. The van der Waals surface area contributed by atoms with Gasteiger partial charge in [-0.1, -0.05) is 218 Å². The molecule has 0 aliphatic heterocycles. The normalized spacial score (nSPS) is 11.5. The highest BCUT2D eigenvalue weighted by molar-refractivity contribution is 6.26. The first-order valence-electron chi connectivity index (χ1n) is 23.2. The molecule has 0 N–H and O–H groups in total. The monoisotopic (exact) mass is 866 g/mol. The Kier molecular flexibility index (Phi) is 9.47. The molecule has 68 heavy (non-hydrogen) atoms. The summed E-state index contributed by atoms with van der Waals surface area (Å²) in [6, 6.07) is 86.8. The van der Waals surface area contributed by atoms with Crippen molar-refractivity contribution in [1.82, 2.24) is 19.1 Å². The maximum atomic E-state index is 5.27. The quantitative estimate of drug-likeness (QED) is 0.143. The molecule has 0 aliphatic carbocycles. The SMILES string of the molecule is c1ccc(-c2ccc(-n3c(-c4ccccc4)c(-c4ccccc4)c4ccc5c6ccc7c(-c8ccccc8)c(-c8ccccc8)n(-c8ccc(-c9ccccc9)cn8)c7c6ccc5c43)nc2)cc1. The number of hydrogen-bond donors (Lipinski definition) is 0. The number of rotatable bonds is 8. The fourth-order valence-corrected chi connectivity index (χ4v) is 10.4. The Morgan fingerprint density at radius 1 is 0.221 bits per heavy atom. The highest BCUT2D eigenvalue weighted by Gasteiger charge is 2.27. The summed E-state index contributed by atoms with van der Waals surface area (Å²) in [5.41, 5.74) is 15.8. The van der Waals surface area contributed by atoms with Crippen LogP contribution in [-0.2, 0) is 0 Å². The summed E-state index contributed by atoms with van der Waals surface area (Å²) in [4.78, 5) is 10.5. The van der Waals surface area contributed by atoms with Crippen molar-refractivity contribution >= 4 is 43.4 Å². The Morgan fingerprint density at radius 3 is 0.838 bits per heavy atom. The number of benzene rings is 9. The van der Waals surface area contributed by atoms with Gasteiger partial charge in [-0.2, -0.15) is 0 Å². The van der Waals surface area contributed by atoms with E-state index in [1.807, 2.05) is 12.4 Å². The number of pyridine rings is 2. The zero-order valence-corrected chi connectivity index (χ0v) is 37.0. The van der Waals surface area contributed by atoms with Gasteiger partial charge >= 0.3 is 0 Å². The zero-order chi connectivity index (χ0) is 45.0. The van der Waals surface area contributed by atoms with Gasteiger partial charge in [0.05, 0.1) is 22.4 Å². The second-order valence-electron chi connectivity index (χ2n) is 17.3. The Morgan fingerprint density at radius 2 is 0.515 bits per heavy atom. The Hall–Kier alpha value is -9.12. The Balaban J connectivity index is 1.14. The predicted molar refractivity (Wildman–Crippen MR) is 283 cm³/mol. The van der Waals surface area contributed by atoms with Crippen LogP contribution in [-0.4, -0.2) is 19.1 Å². The van der Waals surface area contributed by atoms with E-state index < -0.39 is 0 Å². The first kappa shape index (κ1) is 39.3. The smallest absolute Gasteiger partial charge is 0.137 e. The lowest BCUT2D eigenvalue weighted by Crippen LogP contribution is -2.01. The average Bonchev–Trinajstić information content (AvgIpc) is 3.97. The van der Waals surface area contributed by atoms with Gasteiger partial charge in [0, 0.05) is 56.2 Å². The minimum absolute atomic E-state index is 0.859. The van der Waals surface area contributed by atoms with E-state index in [2.05, 4.69) is 252 Å². The van der Waals surface area contributed by atoms with Crippen LogP contribution in [0.25, 0.3) is 122 Å². The van der Waals surface area contributed by atoms with Crippen LogP contribution in [0.4, 0.5) is 0 Å². The molecule has 13 rings (SSSR count). The lowest BCUT2D eigenvalue weighted by atomic mass is 9.94. The van der Waals surface area contributed by atoms with Crippen molar-refractivity contribution < 1.29 is 0 Å². The molecule has 4 nitrogen and oxygen atoms in total. The fourth-order valence-electron chi connectivity index (χ4n) is 10.4. The van der Waals surface area contributed by atoms with Crippen molar-refractivity contribution in [3.8, 4) is 78.7 Å². The van der Waals surface area contributed by atoms with Gasteiger partial charge in [-0.15, -0.1) is 0 Å². The van der Waals surface area contributed by atoms with E-state index in [1.54, 1.807) is 0 Å². The van der Waals surface area contributed by atoms with Gasteiger partial charge in [-0.25, -0.2) is 9.97 Å². The second-order valence-corrected chi connectivity index (χ2v) is 17.3. The molecular formula is C64H42N4. The van der Waals surface area contributed by atoms with Crippen LogP contribution in [0.5, 0.6) is 0 Å². The van der Waals surface area contributed by atoms with Crippen LogP contribution in [0.2, 0.25) is 0 Å². The van der Waals surface area contributed by atoms with Gasteiger partial charge in [-0.05, 0) is 68.4 Å². The summed E-state index contributed by atoms with van der Waals surface area (Å²) in [6.07, 6.45) is 4.02. The molecule has 0 spiro atoms. The fraction of sp³-hybridized carbons (Fsp3) is 0. The van der Waals surface area contributed by atoms with Crippen LogP contribution < -0.4 is 0 Å². The molecule has 318 valence electrons. The van der Waals surface area contributed by atoms with Crippen molar-refractivity contribution in [2.45, 2.75) is 0 Å². The zero-order valence-electron chi connectivity index (χ0n) is 37.0. The van der Waals surface area contributed by atoms with Gasteiger partial charge in [0.25, 0.3) is 0 Å². The lowest BCUT2D eigenvalue weighted by molar-refractivity contribution is 1.05. The summed E-state index contributed by atoms with van der Waals surface area (Å²) in [7, 11) is 0. The van der Waals surface area contributed by atoms with E-state index in [9.17, 15) is 0 Å². The Bertz CT molecular complexity index is 3680. The predicted octanol–water partition coefficient (Wildman–Crippen LogP) is 16.7. The molecule has 0 aliphatic rings. The van der Waals surface area contributed by atoms with E-state index in [-0.39, 0.29) is 0 Å². The number of fused-ring (bicyclic) bond motifs is 7. The first-order chi connectivity index (χ1) is 33.8. The van der Waals surface area contributed by atoms with Crippen LogP contribution in [0.1, 0.15) is 0 Å². The number of hydrogen-bond acceptors (Lipinski definition) is 2. The van der Waals surface area contributed by atoms with Crippen LogP contribution in [0.3, 0.4) is 0 Å². The molecule has 0 amide bonds. The van der Waals surface area contributed by atoms with Crippen molar-refractivity contribution in [3.63, 3.8) is 0 Å². The second kappa shape index (κ2) is 16.4. The maximum Gasteiger partial charge on any atom is 0.137 e. The third-order valence-electron chi connectivity index (χ3n) is 13.4. The summed E-state index contributed by atoms with van der Waals surface area (Å²) in [6.45, 7) is 0. The summed E-state index contributed by atoms with van der Waals surface area (Å²) < 4.78 is 4.80. The van der Waals surface area contributed by atoms with Gasteiger partial charge < -0.3 is 0 Å². The maximum absolute atomic E-state index is 5.27. The molecule has 13 aromatic rings. The molecule has 0 saturated heterocycles. The first-order valence-corrected chi connectivity index (χ1v) is 23.2. The molecule has 0 atom stereocenters. The largest absolute Gasteiger partial charge is 0.293 e.